The van der Waals surface area contributed by atoms with Crippen LogP contribution in [0.2, 0.25) is 0 Å². The van der Waals surface area contributed by atoms with Gasteiger partial charge in [-0.15, -0.1) is 0 Å². The number of aryl methyl sites for hydroxylation is 1. The zero-order chi connectivity index (χ0) is 16.1. The van der Waals surface area contributed by atoms with Gasteiger partial charge in [-0.2, -0.15) is 0 Å². The molecule has 2 aromatic rings. The molecule has 0 radical (unpaired) electrons. The Morgan fingerprint density at radius 1 is 1.43 bits per heavy atom. The predicted molar refractivity (Wildman–Crippen MR) is 80.7 cm³/mol. The number of amides is 1. The van der Waals surface area contributed by atoms with Crippen LogP contribution in [0.3, 0.4) is 0 Å². The molecule has 1 amide bonds. The largest absolute Gasteiger partial charge is 0.448 e. The number of ether oxygens (including phenoxy) is 2. The van der Waals surface area contributed by atoms with Crippen LogP contribution >= 0.6 is 0 Å². The topological polar surface area (TPSA) is 86.5 Å². The van der Waals surface area contributed by atoms with Crippen LogP contribution in [0.4, 0.5) is 0 Å². The van der Waals surface area contributed by atoms with E-state index in [9.17, 15) is 4.79 Å². The zero-order valence-electron chi connectivity index (χ0n) is 12.9. The lowest BCUT2D eigenvalue weighted by Crippen LogP contribution is -2.50. The van der Waals surface area contributed by atoms with Gasteiger partial charge in [0.15, 0.2) is 12.1 Å². The molecular formula is C16H19N3O4. The molecular weight excluding hydrogens is 298 g/mol. The second-order valence-corrected chi connectivity index (χ2v) is 5.37. The van der Waals surface area contributed by atoms with Crippen molar-refractivity contribution in [1.29, 1.82) is 0 Å². The lowest BCUT2D eigenvalue weighted by atomic mass is 10.1. The third-order valence-electron chi connectivity index (χ3n) is 3.75. The smallest absolute Gasteiger partial charge is 0.273 e. The molecule has 3 heterocycles. The van der Waals surface area contributed by atoms with Gasteiger partial charge in [0, 0.05) is 12.8 Å². The Labute approximate surface area is 134 Å². The van der Waals surface area contributed by atoms with Crippen molar-refractivity contribution >= 4 is 5.91 Å². The van der Waals surface area contributed by atoms with E-state index in [2.05, 4.69) is 15.3 Å². The fourth-order valence-corrected chi connectivity index (χ4v) is 2.48. The lowest BCUT2D eigenvalue weighted by Gasteiger charge is -2.31. The molecule has 122 valence electrons. The summed E-state index contributed by atoms with van der Waals surface area (Å²) >= 11 is 0. The predicted octanol–water partition coefficient (Wildman–Crippen LogP) is 1.48. The van der Waals surface area contributed by atoms with Gasteiger partial charge in [-0.3, -0.25) is 9.78 Å². The van der Waals surface area contributed by atoms with Gasteiger partial charge in [0.1, 0.15) is 11.9 Å². The van der Waals surface area contributed by atoms with Crippen LogP contribution in [0.25, 0.3) is 0 Å². The SMILES string of the molecule is Cc1ocnc1C(=O)N[C@@H]1CCOC[C@H]1OCc1ccccn1. The summed E-state index contributed by atoms with van der Waals surface area (Å²) in [6.07, 6.45) is 3.46. The molecule has 1 fully saturated rings. The first-order chi connectivity index (χ1) is 11.2. The number of hydrogen-bond donors (Lipinski definition) is 1. The van der Waals surface area contributed by atoms with Gasteiger partial charge in [-0.1, -0.05) is 6.07 Å². The molecule has 2 aromatic heterocycles. The number of nitrogens with zero attached hydrogens (tertiary/aromatic N) is 2. The summed E-state index contributed by atoms with van der Waals surface area (Å²) in [7, 11) is 0. The Morgan fingerprint density at radius 3 is 3.09 bits per heavy atom. The van der Waals surface area contributed by atoms with Crippen LogP contribution < -0.4 is 5.32 Å². The number of pyridine rings is 1. The average Bonchev–Trinajstić information content (AvgIpc) is 3.01. The molecule has 0 bridgehead atoms. The van der Waals surface area contributed by atoms with Gasteiger partial charge >= 0.3 is 0 Å². The second kappa shape index (κ2) is 7.34. The molecule has 7 heteroatoms. The maximum atomic E-state index is 12.3. The van der Waals surface area contributed by atoms with E-state index < -0.39 is 0 Å². The highest BCUT2D eigenvalue weighted by molar-refractivity contribution is 5.93. The van der Waals surface area contributed by atoms with E-state index in [-0.39, 0.29) is 18.1 Å². The van der Waals surface area contributed by atoms with Crippen molar-refractivity contribution in [3.63, 3.8) is 0 Å². The molecule has 0 spiro atoms. The summed E-state index contributed by atoms with van der Waals surface area (Å²) in [6, 6.07) is 5.54. The third kappa shape index (κ3) is 3.94. The molecule has 1 N–H and O–H groups in total. The maximum absolute atomic E-state index is 12.3. The van der Waals surface area contributed by atoms with Crippen molar-refractivity contribution in [2.75, 3.05) is 13.2 Å². The van der Waals surface area contributed by atoms with Crippen LogP contribution in [-0.2, 0) is 16.1 Å². The van der Waals surface area contributed by atoms with Gasteiger partial charge in [0.25, 0.3) is 5.91 Å². The lowest BCUT2D eigenvalue weighted by molar-refractivity contribution is -0.0743. The first-order valence-corrected chi connectivity index (χ1v) is 7.54. The fourth-order valence-electron chi connectivity index (χ4n) is 2.48. The minimum Gasteiger partial charge on any atom is -0.448 e. The molecule has 0 aromatic carbocycles. The van der Waals surface area contributed by atoms with E-state index in [0.717, 1.165) is 5.69 Å². The highest BCUT2D eigenvalue weighted by Gasteiger charge is 2.29. The first-order valence-electron chi connectivity index (χ1n) is 7.54. The van der Waals surface area contributed by atoms with Crippen molar-refractivity contribution in [2.45, 2.75) is 32.1 Å². The molecule has 1 saturated heterocycles. The summed E-state index contributed by atoms with van der Waals surface area (Å²) in [5.41, 5.74) is 1.15. The standard InChI is InChI=1S/C16H19N3O4/c1-11-15(18-10-23-11)16(20)19-13-5-7-21-9-14(13)22-8-12-4-2-3-6-17-12/h2-4,6,10,13-14H,5,7-9H2,1H3,(H,19,20)/t13-,14-/m1/s1. The molecule has 23 heavy (non-hydrogen) atoms. The minimum absolute atomic E-state index is 0.129. The summed E-state index contributed by atoms with van der Waals surface area (Å²) in [6.45, 7) is 3.12. The van der Waals surface area contributed by atoms with E-state index in [0.29, 0.717) is 37.7 Å². The summed E-state index contributed by atoms with van der Waals surface area (Å²) in [5.74, 6) is 0.245. The van der Waals surface area contributed by atoms with Crippen molar-refractivity contribution in [2.24, 2.45) is 0 Å². The number of carbonyl (C=O) groups is 1. The van der Waals surface area contributed by atoms with E-state index in [4.69, 9.17) is 13.9 Å². The Morgan fingerprint density at radius 2 is 2.35 bits per heavy atom. The second-order valence-electron chi connectivity index (χ2n) is 5.37. The van der Waals surface area contributed by atoms with Crippen molar-refractivity contribution in [3.05, 3.63) is 47.9 Å². The van der Waals surface area contributed by atoms with Crippen LogP contribution in [0.5, 0.6) is 0 Å². The molecule has 3 rings (SSSR count). The molecule has 0 unspecified atom stereocenters. The van der Waals surface area contributed by atoms with Gasteiger partial charge in [0.05, 0.1) is 24.9 Å². The molecule has 7 nitrogen and oxygen atoms in total. The van der Waals surface area contributed by atoms with Gasteiger partial charge in [0.2, 0.25) is 0 Å². The van der Waals surface area contributed by atoms with Gasteiger partial charge < -0.3 is 19.2 Å². The van der Waals surface area contributed by atoms with Crippen molar-refractivity contribution in [1.82, 2.24) is 15.3 Å². The first kappa shape index (κ1) is 15.6. The number of hydrogen-bond acceptors (Lipinski definition) is 6. The summed E-state index contributed by atoms with van der Waals surface area (Å²) < 4.78 is 16.4. The number of aromatic nitrogens is 2. The quantitative estimate of drug-likeness (QED) is 0.899. The highest BCUT2D eigenvalue weighted by atomic mass is 16.5. The molecule has 0 aliphatic carbocycles. The minimum atomic E-state index is -0.255. The number of nitrogens with one attached hydrogen (secondary N) is 1. The van der Waals surface area contributed by atoms with Crippen LogP contribution in [-0.4, -0.2) is 41.2 Å². The van der Waals surface area contributed by atoms with E-state index in [1.54, 1.807) is 13.1 Å². The van der Waals surface area contributed by atoms with E-state index in [1.165, 1.54) is 6.39 Å². The summed E-state index contributed by atoms with van der Waals surface area (Å²) in [4.78, 5) is 20.4. The van der Waals surface area contributed by atoms with Gasteiger partial charge in [-0.25, -0.2) is 4.98 Å². The van der Waals surface area contributed by atoms with Crippen LogP contribution in [0.1, 0.15) is 28.4 Å². The van der Waals surface area contributed by atoms with E-state index >= 15 is 0 Å². The number of carbonyl (C=O) groups excluding carboxylic acids is 1. The van der Waals surface area contributed by atoms with Crippen molar-refractivity contribution < 1.29 is 18.7 Å². The molecule has 0 saturated carbocycles. The maximum Gasteiger partial charge on any atom is 0.273 e. The number of rotatable bonds is 5. The molecule has 1 aliphatic heterocycles. The van der Waals surface area contributed by atoms with Crippen LogP contribution in [0, 0.1) is 6.92 Å². The number of oxazole rings is 1. The van der Waals surface area contributed by atoms with Crippen molar-refractivity contribution in [3.8, 4) is 0 Å². The highest BCUT2D eigenvalue weighted by Crippen LogP contribution is 2.15. The molecule has 1 aliphatic rings. The van der Waals surface area contributed by atoms with Gasteiger partial charge in [-0.05, 0) is 25.5 Å². The normalized spacial score (nSPS) is 21.1. The molecule has 2 atom stereocenters. The fraction of sp³-hybridized carbons (Fsp3) is 0.438. The Balaban J connectivity index is 1.60. The monoisotopic (exact) mass is 317 g/mol. The Kier molecular flexibility index (Phi) is 4.99. The Bertz CT molecular complexity index is 644. The zero-order valence-corrected chi connectivity index (χ0v) is 12.9. The Hall–Kier alpha value is -2.25. The average molecular weight is 317 g/mol. The van der Waals surface area contributed by atoms with E-state index in [1.807, 2.05) is 18.2 Å². The third-order valence-corrected chi connectivity index (χ3v) is 3.75. The van der Waals surface area contributed by atoms with Crippen LogP contribution in [0.15, 0.2) is 35.2 Å². The summed E-state index contributed by atoms with van der Waals surface area (Å²) in [5, 5.41) is 2.96.